The summed E-state index contributed by atoms with van der Waals surface area (Å²) in [5, 5.41) is 3.12. The molecule has 0 aliphatic heterocycles. The molecule has 3 nitrogen and oxygen atoms in total. The van der Waals surface area contributed by atoms with Crippen molar-refractivity contribution in [1.29, 1.82) is 0 Å². The molecule has 2 atom stereocenters. The van der Waals surface area contributed by atoms with E-state index >= 15 is 0 Å². The summed E-state index contributed by atoms with van der Waals surface area (Å²) in [5.41, 5.74) is 5.10. The van der Waals surface area contributed by atoms with E-state index in [-0.39, 0.29) is 11.9 Å². The molecule has 0 spiro atoms. The first-order chi connectivity index (χ1) is 5.57. The molecule has 0 aromatic carbocycles. The van der Waals surface area contributed by atoms with Crippen LogP contribution >= 0.6 is 11.8 Å². The minimum atomic E-state index is -0.289. The Hall–Kier alpha value is -0.220. The van der Waals surface area contributed by atoms with Crippen LogP contribution in [0, 0.1) is 0 Å². The Morgan fingerprint density at radius 2 is 2.17 bits per heavy atom. The van der Waals surface area contributed by atoms with Crippen molar-refractivity contribution in [3.63, 3.8) is 0 Å². The molecule has 0 fully saturated rings. The zero-order chi connectivity index (χ0) is 9.56. The van der Waals surface area contributed by atoms with Crippen LogP contribution in [0.25, 0.3) is 0 Å². The van der Waals surface area contributed by atoms with Crippen molar-refractivity contribution in [2.24, 2.45) is 5.73 Å². The normalized spacial score (nSPS) is 15.6. The Kier molecular flexibility index (Phi) is 6.20. The van der Waals surface area contributed by atoms with Gasteiger partial charge in [-0.25, -0.2) is 0 Å². The number of carbonyl (C=O) groups excluding carboxylic acids is 1. The Morgan fingerprint density at radius 1 is 1.58 bits per heavy atom. The smallest absolute Gasteiger partial charge is 0.234 e. The third-order valence-electron chi connectivity index (χ3n) is 1.53. The molecule has 0 aromatic heterocycles. The molecule has 0 saturated heterocycles. The van der Waals surface area contributed by atoms with Crippen molar-refractivity contribution in [1.82, 2.24) is 5.32 Å². The van der Waals surface area contributed by atoms with E-state index in [0.717, 1.165) is 11.5 Å². The molecular formula is C8H18N2OS. The number of nitrogens with two attached hydrogens (primary N) is 1. The van der Waals surface area contributed by atoms with E-state index in [9.17, 15) is 4.79 Å². The average molecular weight is 190 g/mol. The van der Waals surface area contributed by atoms with Gasteiger partial charge in [0, 0.05) is 11.8 Å². The number of nitrogens with one attached hydrogen (secondary N) is 1. The summed E-state index contributed by atoms with van der Waals surface area (Å²) in [4.78, 5) is 10.7. The van der Waals surface area contributed by atoms with Gasteiger partial charge >= 0.3 is 0 Å². The number of primary amides is 1. The highest BCUT2D eigenvalue weighted by molar-refractivity contribution is 7.99. The Bertz CT molecular complexity index is 141. The summed E-state index contributed by atoms with van der Waals surface area (Å²) in [7, 11) is 0. The molecule has 0 heterocycles. The molecule has 3 N–H and O–H groups in total. The molecule has 4 heteroatoms. The van der Waals surface area contributed by atoms with Crippen LogP contribution in [0.5, 0.6) is 0 Å². The lowest BCUT2D eigenvalue weighted by atomic mass is 10.3. The molecule has 72 valence electrons. The van der Waals surface area contributed by atoms with E-state index in [1.54, 1.807) is 6.92 Å². The first kappa shape index (κ1) is 11.8. The van der Waals surface area contributed by atoms with E-state index in [1.165, 1.54) is 0 Å². The third-order valence-corrected chi connectivity index (χ3v) is 2.68. The van der Waals surface area contributed by atoms with Gasteiger partial charge in [0.05, 0.1) is 6.04 Å². The number of rotatable bonds is 6. The van der Waals surface area contributed by atoms with Crippen LogP contribution in [-0.2, 0) is 4.79 Å². The highest BCUT2D eigenvalue weighted by Gasteiger charge is 2.10. The molecule has 1 amide bonds. The summed E-state index contributed by atoms with van der Waals surface area (Å²) in [6.45, 7) is 5.96. The van der Waals surface area contributed by atoms with Crippen molar-refractivity contribution in [2.45, 2.75) is 32.9 Å². The van der Waals surface area contributed by atoms with Gasteiger partial charge in [-0.05, 0) is 19.6 Å². The number of amides is 1. The van der Waals surface area contributed by atoms with Gasteiger partial charge in [-0.2, -0.15) is 11.8 Å². The predicted octanol–water partition coefficient (Wildman–Crippen LogP) is 0.591. The lowest BCUT2D eigenvalue weighted by Gasteiger charge is -2.16. The number of carbonyl (C=O) groups is 1. The predicted molar refractivity (Wildman–Crippen MR) is 54.3 cm³/mol. The van der Waals surface area contributed by atoms with Crippen LogP contribution < -0.4 is 11.1 Å². The van der Waals surface area contributed by atoms with Crippen LogP contribution in [0.1, 0.15) is 20.8 Å². The van der Waals surface area contributed by atoms with Gasteiger partial charge in [-0.3, -0.25) is 4.79 Å². The van der Waals surface area contributed by atoms with Gasteiger partial charge in [-0.15, -0.1) is 0 Å². The van der Waals surface area contributed by atoms with E-state index in [0.29, 0.717) is 6.04 Å². The van der Waals surface area contributed by atoms with E-state index in [2.05, 4.69) is 19.2 Å². The Labute approximate surface area is 78.5 Å². The van der Waals surface area contributed by atoms with E-state index in [1.807, 2.05) is 11.8 Å². The highest BCUT2D eigenvalue weighted by atomic mass is 32.2. The zero-order valence-corrected chi connectivity index (χ0v) is 8.78. The van der Waals surface area contributed by atoms with Gasteiger partial charge < -0.3 is 11.1 Å². The molecule has 2 unspecified atom stereocenters. The maximum absolute atomic E-state index is 10.7. The fourth-order valence-corrected chi connectivity index (χ4v) is 1.54. The Morgan fingerprint density at radius 3 is 2.58 bits per heavy atom. The topological polar surface area (TPSA) is 55.1 Å². The molecule has 0 rings (SSSR count). The lowest BCUT2D eigenvalue weighted by molar-refractivity contribution is -0.119. The second kappa shape index (κ2) is 6.31. The molecular weight excluding hydrogens is 172 g/mol. The second-order valence-corrected chi connectivity index (χ2v) is 4.17. The first-order valence-corrected chi connectivity index (χ1v) is 5.36. The molecule has 0 bridgehead atoms. The first-order valence-electron chi connectivity index (χ1n) is 4.21. The van der Waals surface area contributed by atoms with E-state index in [4.69, 9.17) is 5.73 Å². The maximum atomic E-state index is 10.7. The minimum absolute atomic E-state index is 0.225. The van der Waals surface area contributed by atoms with Gasteiger partial charge in [0.15, 0.2) is 0 Å². The summed E-state index contributed by atoms with van der Waals surface area (Å²) < 4.78 is 0. The van der Waals surface area contributed by atoms with Gasteiger partial charge in [0.25, 0.3) is 0 Å². The van der Waals surface area contributed by atoms with Crippen LogP contribution in [0.15, 0.2) is 0 Å². The highest BCUT2D eigenvalue weighted by Crippen LogP contribution is 2.01. The number of thioether (sulfide) groups is 1. The van der Waals surface area contributed by atoms with Crippen molar-refractivity contribution in [2.75, 3.05) is 11.5 Å². The molecule has 12 heavy (non-hydrogen) atoms. The quantitative estimate of drug-likeness (QED) is 0.644. The minimum Gasteiger partial charge on any atom is -0.368 e. The fourth-order valence-electron chi connectivity index (χ4n) is 0.852. The maximum Gasteiger partial charge on any atom is 0.234 e. The lowest BCUT2D eigenvalue weighted by Crippen LogP contribution is -2.44. The van der Waals surface area contributed by atoms with Crippen LogP contribution in [0.4, 0.5) is 0 Å². The van der Waals surface area contributed by atoms with Gasteiger partial charge in [-0.1, -0.05) is 6.92 Å². The fraction of sp³-hybridized carbons (Fsp3) is 0.875. The SMILES string of the molecule is CCSCC(C)NC(C)C(N)=O. The van der Waals surface area contributed by atoms with Crippen molar-refractivity contribution < 1.29 is 4.79 Å². The Balaban J connectivity index is 3.53. The summed E-state index contributed by atoms with van der Waals surface area (Å²) in [5.74, 6) is 1.84. The summed E-state index contributed by atoms with van der Waals surface area (Å²) >= 11 is 1.86. The van der Waals surface area contributed by atoms with E-state index < -0.39 is 0 Å². The molecule has 0 radical (unpaired) electrons. The average Bonchev–Trinajstić information content (AvgIpc) is 2.00. The second-order valence-electron chi connectivity index (χ2n) is 2.85. The molecule has 0 saturated carbocycles. The number of hydrogen-bond acceptors (Lipinski definition) is 3. The third kappa shape index (κ3) is 5.43. The standard InChI is InChI=1S/C8H18N2OS/c1-4-12-5-6(2)10-7(3)8(9)11/h6-7,10H,4-5H2,1-3H3,(H2,9,11). The van der Waals surface area contributed by atoms with Crippen LogP contribution in [0.2, 0.25) is 0 Å². The largest absolute Gasteiger partial charge is 0.368 e. The monoisotopic (exact) mass is 190 g/mol. The summed E-state index contributed by atoms with van der Waals surface area (Å²) in [6, 6.07) is 0.120. The van der Waals surface area contributed by atoms with Gasteiger partial charge in [0.1, 0.15) is 0 Å². The molecule has 0 aromatic rings. The van der Waals surface area contributed by atoms with Crippen LogP contribution in [0.3, 0.4) is 0 Å². The number of hydrogen-bond donors (Lipinski definition) is 2. The molecule has 0 aliphatic rings. The van der Waals surface area contributed by atoms with Crippen LogP contribution in [-0.4, -0.2) is 29.5 Å². The zero-order valence-electron chi connectivity index (χ0n) is 7.96. The van der Waals surface area contributed by atoms with Crippen molar-refractivity contribution in [3.8, 4) is 0 Å². The molecule has 0 aliphatic carbocycles. The summed E-state index contributed by atoms with van der Waals surface area (Å²) in [6.07, 6.45) is 0. The van der Waals surface area contributed by atoms with Gasteiger partial charge in [0.2, 0.25) is 5.91 Å². The van der Waals surface area contributed by atoms with Crippen molar-refractivity contribution in [3.05, 3.63) is 0 Å². The van der Waals surface area contributed by atoms with Crippen molar-refractivity contribution >= 4 is 17.7 Å².